The summed E-state index contributed by atoms with van der Waals surface area (Å²) < 4.78 is 2.17. The fourth-order valence-corrected chi connectivity index (χ4v) is 3.43. The van der Waals surface area contributed by atoms with Crippen LogP contribution in [0.4, 0.5) is 0 Å². The van der Waals surface area contributed by atoms with Crippen molar-refractivity contribution in [2.45, 2.75) is 19.8 Å². The highest BCUT2D eigenvalue weighted by molar-refractivity contribution is 5.94. The Labute approximate surface area is 150 Å². The Balaban J connectivity index is 1.50. The van der Waals surface area contributed by atoms with Crippen molar-refractivity contribution in [2.24, 2.45) is 0 Å². The third kappa shape index (κ3) is 2.40. The molecule has 0 aliphatic heterocycles. The Bertz CT molecular complexity index is 1260. The molecule has 1 aromatic carbocycles. The van der Waals surface area contributed by atoms with E-state index in [-0.39, 0.29) is 0 Å². The molecule has 5 aromatic rings. The van der Waals surface area contributed by atoms with Crippen molar-refractivity contribution >= 4 is 27.5 Å². The summed E-state index contributed by atoms with van der Waals surface area (Å²) in [5.41, 5.74) is 4.99. The summed E-state index contributed by atoms with van der Waals surface area (Å²) in [4.78, 5) is 18.2. The van der Waals surface area contributed by atoms with E-state index in [2.05, 4.69) is 62.8 Å². The van der Waals surface area contributed by atoms with Gasteiger partial charge in [0.2, 0.25) is 0 Å². The van der Waals surface area contributed by atoms with E-state index in [4.69, 9.17) is 4.98 Å². The van der Waals surface area contributed by atoms with Gasteiger partial charge in [0.1, 0.15) is 17.0 Å². The predicted octanol–water partition coefficient (Wildman–Crippen LogP) is 3.92. The Morgan fingerprint density at radius 2 is 1.81 bits per heavy atom. The summed E-state index contributed by atoms with van der Waals surface area (Å²) in [7, 11) is 0. The highest BCUT2D eigenvalue weighted by Gasteiger charge is 2.11. The van der Waals surface area contributed by atoms with Gasteiger partial charge in [-0.3, -0.25) is 4.98 Å². The Hall–Kier alpha value is -3.34. The van der Waals surface area contributed by atoms with Crippen molar-refractivity contribution in [3.8, 4) is 0 Å². The molecular formula is C21H17N5. The number of hydrogen-bond acceptors (Lipinski definition) is 4. The van der Waals surface area contributed by atoms with Gasteiger partial charge in [-0.05, 0) is 36.9 Å². The molecule has 0 N–H and O–H groups in total. The van der Waals surface area contributed by atoms with E-state index in [1.54, 1.807) is 12.4 Å². The number of hydrogen-bond donors (Lipinski definition) is 0. The second kappa shape index (κ2) is 5.88. The molecule has 26 heavy (non-hydrogen) atoms. The van der Waals surface area contributed by atoms with Crippen LogP contribution in [0.25, 0.3) is 27.5 Å². The average Bonchev–Trinajstić information content (AvgIpc) is 3.02. The van der Waals surface area contributed by atoms with E-state index in [0.717, 1.165) is 41.0 Å². The zero-order chi connectivity index (χ0) is 17.5. The molecule has 0 atom stereocenters. The van der Waals surface area contributed by atoms with Gasteiger partial charge in [-0.1, -0.05) is 24.3 Å². The summed E-state index contributed by atoms with van der Waals surface area (Å²) in [5, 5.41) is 2.39. The number of rotatable bonds is 3. The maximum atomic E-state index is 4.91. The molecular weight excluding hydrogens is 322 g/mol. The van der Waals surface area contributed by atoms with Gasteiger partial charge in [-0.25, -0.2) is 15.0 Å². The van der Waals surface area contributed by atoms with Crippen LogP contribution in [-0.2, 0) is 12.8 Å². The maximum absolute atomic E-state index is 4.91. The molecule has 0 unspecified atom stereocenters. The van der Waals surface area contributed by atoms with Crippen LogP contribution < -0.4 is 0 Å². The zero-order valence-electron chi connectivity index (χ0n) is 14.4. The van der Waals surface area contributed by atoms with Crippen molar-refractivity contribution in [3.63, 3.8) is 0 Å². The number of fused-ring (bicyclic) bond motifs is 4. The standard InChI is InChI=1S/C21H17N5/c1-14-17(8-9-20-23-13-19-18(24-20)7-4-11-22-19)25-21-16-6-3-2-5-15(16)10-12-26(14)21/h2-7,10-13H,8-9H2,1H3. The van der Waals surface area contributed by atoms with Crippen LogP contribution in [0, 0.1) is 6.92 Å². The number of nitrogens with zero attached hydrogens (tertiary/aromatic N) is 5. The SMILES string of the molecule is Cc1c(CCc2ncc3ncccc3n2)nc2c3ccccc3ccn12. The molecule has 0 bridgehead atoms. The number of benzene rings is 1. The van der Waals surface area contributed by atoms with Crippen molar-refractivity contribution in [3.05, 3.63) is 78.3 Å². The van der Waals surface area contributed by atoms with E-state index in [1.165, 1.54) is 16.5 Å². The lowest BCUT2D eigenvalue weighted by Crippen LogP contribution is -2.00. The first-order valence-electron chi connectivity index (χ1n) is 8.71. The predicted molar refractivity (Wildman–Crippen MR) is 102 cm³/mol. The topological polar surface area (TPSA) is 56.0 Å². The van der Waals surface area contributed by atoms with E-state index >= 15 is 0 Å². The maximum Gasteiger partial charge on any atom is 0.145 e. The molecule has 4 heterocycles. The van der Waals surface area contributed by atoms with Crippen molar-refractivity contribution < 1.29 is 0 Å². The summed E-state index contributed by atoms with van der Waals surface area (Å²) in [6.07, 6.45) is 7.22. The van der Waals surface area contributed by atoms with E-state index in [1.807, 2.05) is 12.1 Å². The number of aromatic nitrogens is 5. The van der Waals surface area contributed by atoms with Gasteiger partial charge in [0.05, 0.1) is 17.4 Å². The molecule has 0 aliphatic rings. The van der Waals surface area contributed by atoms with Gasteiger partial charge in [0.15, 0.2) is 0 Å². The summed E-state index contributed by atoms with van der Waals surface area (Å²) in [5.74, 6) is 0.826. The molecule has 5 rings (SSSR count). The Kier molecular flexibility index (Phi) is 3.38. The fourth-order valence-electron chi connectivity index (χ4n) is 3.43. The summed E-state index contributed by atoms with van der Waals surface area (Å²) in [6.45, 7) is 2.12. The lowest BCUT2D eigenvalue weighted by Gasteiger charge is -2.02. The normalized spacial score (nSPS) is 11.6. The second-order valence-corrected chi connectivity index (χ2v) is 6.43. The quantitative estimate of drug-likeness (QED) is 0.500. The molecule has 0 fully saturated rings. The smallest absolute Gasteiger partial charge is 0.145 e. The first kappa shape index (κ1) is 15.0. The fraction of sp³-hybridized carbons (Fsp3) is 0.143. The minimum atomic E-state index is 0.757. The Morgan fingerprint density at radius 3 is 2.77 bits per heavy atom. The van der Waals surface area contributed by atoms with E-state index in [9.17, 15) is 0 Å². The third-order valence-electron chi connectivity index (χ3n) is 4.84. The van der Waals surface area contributed by atoms with Crippen LogP contribution in [0.5, 0.6) is 0 Å². The molecule has 5 nitrogen and oxygen atoms in total. The minimum absolute atomic E-state index is 0.757. The van der Waals surface area contributed by atoms with Crippen LogP contribution in [0.2, 0.25) is 0 Å². The van der Waals surface area contributed by atoms with E-state index < -0.39 is 0 Å². The molecule has 0 spiro atoms. The van der Waals surface area contributed by atoms with Gasteiger partial charge in [-0.15, -0.1) is 0 Å². The highest BCUT2D eigenvalue weighted by Crippen LogP contribution is 2.22. The second-order valence-electron chi connectivity index (χ2n) is 6.43. The Morgan fingerprint density at radius 1 is 0.885 bits per heavy atom. The largest absolute Gasteiger partial charge is 0.304 e. The number of aryl methyl sites for hydroxylation is 3. The molecule has 4 aromatic heterocycles. The summed E-state index contributed by atoms with van der Waals surface area (Å²) >= 11 is 0. The molecule has 0 aliphatic carbocycles. The monoisotopic (exact) mass is 339 g/mol. The molecule has 0 amide bonds. The first-order valence-corrected chi connectivity index (χ1v) is 8.71. The van der Waals surface area contributed by atoms with Crippen LogP contribution in [-0.4, -0.2) is 24.3 Å². The molecule has 0 saturated carbocycles. The lowest BCUT2D eigenvalue weighted by molar-refractivity contribution is 0.843. The van der Waals surface area contributed by atoms with Gasteiger partial charge < -0.3 is 4.40 Å². The summed E-state index contributed by atoms with van der Waals surface area (Å²) in [6, 6.07) is 14.4. The van der Waals surface area contributed by atoms with Gasteiger partial charge in [0.25, 0.3) is 0 Å². The minimum Gasteiger partial charge on any atom is -0.304 e. The van der Waals surface area contributed by atoms with Crippen LogP contribution in [0.1, 0.15) is 17.2 Å². The average molecular weight is 339 g/mol. The third-order valence-corrected chi connectivity index (χ3v) is 4.84. The van der Waals surface area contributed by atoms with Crippen molar-refractivity contribution in [1.82, 2.24) is 24.3 Å². The van der Waals surface area contributed by atoms with Crippen LogP contribution in [0.15, 0.2) is 61.1 Å². The lowest BCUT2D eigenvalue weighted by atomic mass is 10.2. The zero-order valence-corrected chi connectivity index (χ0v) is 14.4. The molecule has 0 radical (unpaired) electrons. The number of imidazole rings is 1. The molecule has 126 valence electrons. The van der Waals surface area contributed by atoms with Gasteiger partial charge in [-0.2, -0.15) is 0 Å². The van der Waals surface area contributed by atoms with Crippen LogP contribution >= 0.6 is 0 Å². The molecule has 0 saturated heterocycles. The first-order chi connectivity index (χ1) is 12.8. The van der Waals surface area contributed by atoms with Crippen molar-refractivity contribution in [2.75, 3.05) is 0 Å². The highest BCUT2D eigenvalue weighted by atomic mass is 15.0. The van der Waals surface area contributed by atoms with E-state index in [0.29, 0.717) is 0 Å². The van der Waals surface area contributed by atoms with Gasteiger partial charge in [0, 0.05) is 29.9 Å². The molecule has 5 heteroatoms. The number of pyridine rings is 2. The van der Waals surface area contributed by atoms with Crippen LogP contribution in [0.3, 0.4) is 0 Å². The van der Waals surface area contributed by atoms with Gasteiger partial charge >= 0.3 is 0 Å². The van der Waals surface area contributed by atoms with Crippen molar-refractivity contribution in [1.29, 1.82) is 0 Å².